The fourth-order valence-electron chi connectivity index (χ4n) is 8.84. The zero-order valence-electron chi connectivity index (χ0n) is 19.6. The minimum absolute atomic E-state index is 0.157. The Balaban J connectivity index is 1.48. The van der Waals surface area contributed by atoms with E-state index in [-0.39, 0.29) is 17.4 Å². The highest BCUT2D eigenvalue weighted by Gasteiger charge is 2.61. The van der Waals surface area contributed by atoms with Crippen molar-refractivity contribution in [2.45, 2.75) is 111 Å². The monoisotopic (exact) mass is 421 g/mol. The number of carbonyl (C=O) groups excluding carboxylic acids is 1. The molecule has 166 valence electrons. The van der Waals surface area contributed by atoms with Gasteiger partial charge in [0, 0.05) is 18.2 Å². The quantitative estimate of drug-likeness (QED) is 0.422. The van der Waals surface area contributed by atoms with Crippen LogP contribution in [0.2, 0.25) is 0 Å². The van der Waals surface area contributed by atoms with Crippen molar-refractivity contribution in [1.29, 1.82) is 0 Å². The molecule has 3 heteroatoms. The molecule has 0 bridgehead atoms. The number of amides is 1. The van der Waals surface area contributed by atoms with Crippen molar-refractivity contribution in [2.75, 3.05) is 0 Å². The summed E-state index contributed by atoms with van der Waals surface area (Å²) < 4.78 is 1.61. The SMILES string of the molecule is CC(C)CCCC(C)C1CCC2C3CCC4N(Cl)C(=O)CCC4(C)C3CCC12C. The molecule has 0 aromatic heterocycles. The first-order valence-electron chi connectivity index (χ1n) is 12.7. The fraction of sp³-hybridized carbons (Fsp3) is 0.962. The molecule has 0 aromatic carbocycles. The van der Waals surface area contributed by atoms with Gasteiger partial charge in [0.15, 0.2) is 0 Å². The highest BCUT2D eigenvalue weighted by molar-refractivity contribution is 6.21. The smallest absolute Gasteiger partial charge is 0.237 e. The van der Waals surface area contributed by atoms with Gasteiger partial charge in [0.2, 0.25) is 5.91 Å². The van der Waals surface area contributed by atoms with E-state index in [9.17, 15) is 4.79 Å². The van der Waals surface area contributed by atoms with Crippen LogP contribution in [0.15, 0.2) is 0 Å². The highest BCUT2D eigenvalue weighted by atomic mass is 35.5. The Labute approximate surface area is 184 Å². The molecule has 0 radical (unpaired) electrons. The lowest BCUT2D eigenvalue weighted by molar-refractivity contribution is -0.150. The van der Waals surface area contributed by atoms with Crippen LogP contribution < -0.4 is 0 Å². The molecule has 2 nitrogen and oxygen atoms in total. The molecule has 0 spiro atoms. The molecule has 3 saturated carbocycles. The molecule has 8 unspecified atom stereocenters. The predicted molar refractivity (Wildman–Crippen MR) is 121 cm³/mol. The Morgan fingerprint density at radius 3 is 2.41 bits per heavy atom. The van der Waals surface area contributed by atoms with Crippen LogP contribution in [0.5, 0.6) is 0 Å². The van der Waals surface area contributed by atoms with Gasteiger partial charge in [-0.25, -0.2) is 0 Å². The largest absolute Gasteiger partial charge is 0.274 e. The summed E-state index contributed by atoms with van der Waals surface area (Å²) in [4.78, 5) is 12.2. The zero-order chi connectivity index (χ0) is 21.0. The predicted octanol–water partition coefficient (Wildman–Crippen LogP) is 7.45. The van der Waals surface area contributed by atoms with E-state index < -0.39 is 0 Å². The maximum Gasteiger partial charge on any atom is 0.237 e. The molecule has 0 aromatic rings. The fourth-order valence-corrected chi connectivity index (χ4v) is 9.25. The Bertz CT molecular complexity index is 620. The first kappa shape index (κ1) is 22.0. The van der Waals surface area contributed by atoms with Crippen molar-refractivity contribution >= 4 is 17.7 Å². The minimum Gasteiger partial charge on any atom is -0.274 e. The Morgan fingerprint density at radius 1 is 0.966 bits per heavy atom. The van der Waals surface area contributed by atoms with Crippen LogP contribution in [-0.2, 0) is 4.79 Å². The number of piperidine rings is 1. The van der Waals surface area contributed by atoms with Crippen LogP contribution in [0.3, 0.4) is 0 Å². The summed E-state index contributed by atoms with van der Waals surface area (Å²) in [5, 5.41) is 0. The molecule has 1 heterocycles. The number of fused-ring (bicyclic) bond motifs is 5. The van der Waals surface area contributed by atoms with E-state index in [4.69, 9.17) is 11.8 Å². The minimum atomic E-state index is 0.157. The summed E-state index contributed by atoms with van der Waals surface area (Å²) >= 11 is 6.52. The molecular weight excluding hydrogens is 378 g/mol. The van der Waals surface area contributed by atoms with Crippen LogP contribution in [0.4, 0.5) is 0 Å². The Morgan fingerprint density at radius 2 is 1.69 bits per heavy atom. The maximum absolute atomic E-state index is 12.2. The standard InChI is InChI=1S/C26H44ClNO/c1-17(2)7-6-8-18(3)20-10-11-21-19-9-12-23-26(5,16-14-24(29)28(23)27)22(19)13-15-25(20,21)4/h17-23H,6-16H2,1-5H3. The number of hydrogen-bond acceptors (Lipinski definition) is 1. The Hall–Kier alpha value is -0.240. The normalized spacial score (nSPS) is 45.7. The second-order valence-electron chi connectivity index (χ2n) is 12.2. The second-order valence-corrected chi connectivity index (χ2v) is 12.6. The van der Waals surface area contributed by atoms with Crippen molar-refractivity contribution < 1.29 is 4.79 Å². The van der Waals surface area contributed by atoms with Gasteiger partial charge in [0.25, 0.3) is 0 Å². The number of carbonyl (C=O) groups is 1. The number of halogens is 1. The van der Waals surface area contributed by atoms with E-state index in [1.54, 1.807) is 4.42 Å². The van der Waals surface area contributed by atoms with Crippen LogP contribution in [-0.4, -0.2) is 16.4 Å². The molecular formula is C26H44ClNO. The molecule has 1 amide bonds. The van der Waals surface area contributed by atoms with Crippen molar-refractivity contribution in [3.8, 4) is 0 Å². The van der Waals surface area contributed by atoms with Gasteiger partial charge >= 0.3 is 0 Å². The first-order chi connectivity index (χ1) is 13.7. The Kier molecular flexibility index (Phi) is 6.08. The third-order valence-electron chi connectivity index (χ3n) is 10.4. The van der Waals surface area contributed by atoms with E-state index in [0.717, 1.165) is 48.3 Å². The maximum atomic E-state index is 12.2. The first-order valence-corrected chi connectivity index (χ1v) is 13.0. The lowest BCUT2D eigenvalue weighted by Crippen LogP contribution is -2.60. The van der Waals surface area contributed by atoms with Gasteiger partial charge in [-0.3, -0.25) is 9.21 Å². The topological polar surface area (TPSA) is 20.3 Å². The molecule has 29 heavy (non-hydrogen) atoms. The third-order valence-corrected chi connectivity index (χ3v) is 10.8. The van der Waals surface area contributed by atoms with Crippen molar-refractivity contribution in [1.82, 2.24) is 4.42 Å². The number of rotatable bonds is 5. The average Bonchev–Trinajstić information content (AvgIpc) is 3.02. The number of nitrogens with zero attached hydrogens (tertiary/aromatic N) is 1. The average molecular weight is 422 g/mol. The van der Waals surface area contributed by atoms with E-state index in [1.807, 2.05) is 0 Å². The second kappa shape index (κ2) is 8.03. The molecule has 1 aliphatic heterocycles. The molecule has 3 aliphatic carbocycles. The van der Waals surface area contributed by atoms with Crippen LogP contribution in [0, 0.1) is 46.3 Å². The van der Waals surface area contributed by atoms with Crippen LogP contribution in [0.1, 0.15) is 105 Å². The summed E-state index contributed by atoms with van der Waals surface area (Å²) in [6.07, 6.45) is 14.0. The van der Waals surface area contributed by atoms with Crippen molar-refractivity contribution in [3.63, 3.8) is 0 Å². The van der Waals surface area contributed by atoms with Gasteiger partial charge in [-0.1, -0.05) is 53.9 Å². The van der Waals surface area contributed by atoms with Gasteiger partial charge in [-0.05, 0) is 91.3 Å². The molecule has 1 saturated heterocycles. The molecule has 8 atom stereocenters. The highest BCUT2D eigenvalue weighted by Crippen LogP contribution is 2.67. The summed E-state index contributed by atoms with van der Waals surface area (Å²) in [5.41, 5.74) is 0.785. The van der Waals surface area contributed by atoms with E-state index in [1.165, 1.54) is 51.4 Å². The summed E-state index contributed by atoms with van der Waals surface area (Å²) in [7, 11) is 0. The van der Waals surface area contributed by atoms with Crippen molar-refractivity contribution in [3.05, 3.63) is 0 Å². The molecule has 4 fully saturated rings. The molecule has 4 aliphatic rings. The van der Waals surface area contributed by atoms with Gasteiger partial charge < -0.3 is 0 Å². The lowest BCUT2D eigenvalue weighted by Gasteiger charge is -2.61. The van der Waals surface area contributed by atoms with Gasteiger partial charge in [-0.2, -0.15) is 0 Å². The van der Waals surface area contributed by atoms with Gasteiger partial charge in [0.1, 0.15) is 0 Å². The van der Waals surface area contributed by atoms with E-state index in [2.05, 4.69) is 34.6 Å². The summed E-state index contributed by atoms with van der Waals surface area (Å²) in [6.45, 7) is 12.4. The summed E-state index contributed by atoms with van der Waals surface area (Å²) in [5.74, 6) is 5.32. The number of hydrogen-bond donors (Lipinski definition) is 0. The zero-order valence-corrected chi connectivity index (χ0v) is 20.3. The van der Waals surface area contributed by atoms with Crippen LogP contribution >= 0.6 is 11.8 Å². The molecule has 4 rings (SSSR count). The van der Waals surface area contributed by atoms with E-state index >= 15 is 0 Å². The van der Waals surface area contributed by atoms with Gasteiger partial charge in [0.05, 0.1) is 6.04 Å². The summed E-state index contributed by atoms with van der Waals surface area (Å²) in [6, 6.07) is 0.267. The molecule has 0 N–H and O–H groups in total. The third kappa shape index (κ3) is 3.58. The lowest BCUT2D eigenvalue weighted by atomic mass is 9.46. The van der Waals surface area contributed by atoms with E-state index in [0.29, 0.717) is 11.8 Å². The van der Waals surface area contributed by atoms with Gasteiger partial charge in [-0.15, -0.1) is 0 Å². The van der Waals surface area contributed by atoms with Crippen LogP contribution in [0.25, 0.3) is 0 Å². The van der Waals surface area contributed by atoms with Crippen molar-refractivity contribution in [2.24, 2.45) is 46.3 Å².